The molecule has 0 saturated carbocycles. The molecule has 0 spiro atoms. The van der Waals surface area contributed by atoms with Crippen LogP contribution in [0.2, 0.25) is 0 Å². The van der Waals surface area contributed by atoms with Gasteiger partial charge in [-0.3, -0.25) is 9.59 Å². The third-order valence-corrected chi connectivity index (χ3v) is 3.49. The molecule has 0 radical (unpaired) electrons. The van der Waals surface area contributed by atoms with Gasteiger partial charge in [0, 0.05) is 38.1 Å². The summed E-state index contributed by atoms with van der Waals surface area (Å²) in [7, 11) is 3.85. The van der Waals surface area contributed by atoms with Gasteiger partial charge in [0.25, 0.3) is 0 Å². The molecule has 2 rings (SSSR count). The van der Waals surface area contributed by atoms with Gasteiger partial charge in [-0.2, -0.15) is 0 Å². The Labute approximate surface area is 140 Å². The van der Waals surface area contributed by atoms with Crippen molar-refractivity contribution in [1.29, 1.82) is 0 Å². The first-order chi connectivity index (χ1) is 11.4. The highest BCUT2D eigenvalue weighted by Crippen LogP contribution is 2.20. The summed E-state index contributed by atoms with van der Waals surface area (Å²) < 4.78 is 12.9. The average molecular weight is 329 g/mol. The predicted molar refractivity (Wildman–Crippen MR) is 93.8 cm³/mol. The largest absolute Gasteiger partial charge is 0.378 e. The summed E-state index contributed by atoms with van der Waals surface area (Å²) in [5, 5.41) is 2.65. The van der Waals surface area contributed by atoms with Crippen LogP contribution < -0.4 is 15.1 Å². The van der Waals surface area contributed by atoms with Crippen LogP contribution in [0.3, 0.4) is 0 Å². The molecule has 6 heteroatoms. The van der Waals surface area contributed by atoms with Crippen molar-refractivity contribution in [1.82, 2.24) is 0 Å². The summed E-state index contributed by atoms with van der Waals surface area (Å²) in [4.78, 5) is 27.4. The highest BCUT2D eigenvalue weighted by molar-refractivity contribution is 6.01. The first kappa shape index (κ1) is 17.5. The topological polar surface area (TPSA) is 52.7 Å². The number of anilines is 3. The number of benzene rings is 2. The van der Waals surface area contributed by atoms with E-state index in [1.54, 1.807) is 12.1 Å². The second kappa shape index (κ2) is 7.59. The van der Waals surface area contributed by atoms with Crippen LogP contribution in [0.15, 0.2) is 48.5 Å². The first-order valence-corrected chi connectivity index (χ1v) is 7.47. The Hall–Kier alpha value is -2.89. The molecule has 2 aromatic carbocycles. The standard InChI is InChI=1S/C18H20FN3O2/c1-13(23)22(17-10-8-16(9-11-17)21(2)3)12-18(24)20-15-6-4-14(19)5-7-15/h4-11H,12H2,1-3H3,(H,20,24). The van der Waals surface area contributed by atoms with Crippen LogP contribution in [0.25, 0.3) is 0 Å². The molecule has 0 atom stereocenters. The Bertz CT molecular complexity index is 712. The lowest BCUT2D eigenvalue weighted by Gasteiger charge is -2.22. The first-order valence-electron chi connectivity index (χ1n) is 7.47. The molecule has 126 valence electrons. The molecule has 0 bridgehead atoms. The maximum absolute atomic E-state index is 12.9. The smallest absolute Gasteiger partial charge is 0.244 e. The van der Waals surface area contributed by atoms with E-state index in [1.807, 2.05) is 31.1 Å². The molecule has 0 aromatic heterocycles. The van der Waals surface area contributed by atoms with E-state index in [0.717, 1.165) is 5.69 Å². The van der Waals surface area contributed by atoms with Crippen LogP contribution in [0, 0.1) is 5.82 Å². The van der Waals surface area contributed by atoms with E-state index >= 15 is 0 Å². The molecular weight excluding hydrogens is 309 g/mol. The Morgan fingerprint density at radius 2 is 1.50 bits per heavy atom. The number of hydrogen-bond donors (Lipinski definition) is 1. The normalized spacial score (nSPS) is 10.2. The minimum atomic E-state index is -0.376. The van der Waals surface area contributed by atoms with Gasteiger partial charge in [0.15, 0.2) is 0 Å². The Morgan fingerprint density at radius 1 is 0.958 bits per heavy atom. The van der Waals surface area contributed by atoms with Crippen molar-refractivity contribution in [3.05, 3.63) is 54.3 Å². The fourth-order valence-corrected chi connectivity index (χ4v) is 2.19. The summed E-state index contributed by atoms with van der Waals surface area (Å²) in [6, 6.07) is 12.8. The van der Waals surface area contributed by atoms with Crippen LogP contribution in [-0.2, 0) is 9.59 Å². The van der Waals surface area contributed by atoms with E-state index in [-0.39, 0.29) is 24.2 Å². The molecule has 0 fully saturated rings. The number of halogens is 1. The van der Waals surface area contributed by atoms with E-state index in [0.29, 0.717) is 11.4 Å². The van der Waals surface area contributed by atoms with Gasteiger partial charge in [0.2, 0.25) is 11.8 Å². The van der Waals surface area contributed by atoms with Gasteiger partial charge in [-0.05, 0) is 48.5 Å². The minimum absolute atomic E-state index is 0.117. The number of rotatable bonds is 5. The number of carbonyl (C=O) groups is 2. The summed E-state index contributed by atoms with van der Waals surface area (Å²) in [5.41, 5.74) is 2.12. The maximum Gasteiger partial charge on any atom is 0.244 e. The lowest BCUT2D eigenvalue weighted by molar-refractivity contribution is -0.120. The van der Waals surface area contributed by atoms with Gasteiger partial charge in [-0.1, -0.05) is 0 Å². The number of amides is 2. The zero-order valence-corrected chi connectivity index (χ0v) is 13.9. The quantitative estimate of drug-likeness (QED) is 0.918. The van der Waals surface area contributed by atoms with Crippen LogP contribution in [0.1, 0.15) is 6.92 Å². The molecule has 0 saturated heterocycles. The number of nitrogens with zero attached hydrogens (tertiary/aromatic N) is 2. The molecule has 24 heavy (non-hydrogen) atoms. The third-order valence-electron chi connectivity index (χ3n) is 3.49. The molecule has 1 N–H and O–H groups in total. The molecule has 5 nitrogen and oxygen atoms in total. The van der Waals surface area contributed by atoms with Crippen molar-refractivity contribution in [2.24, 2.45) is 0 Å². The highest BCUT2D eigenvalue weighted by Gasteiger charge is 2.16. The fourth-order valence-electron chi connectivity index (χ4n) is 2.19. The minimum Gasteiger partial charge on any atom is -0.378 e. The van der Waals surface area contributed by atoms with Crippen molar-refractivity contribution in [2.45, 2.75) is 6.92 Å². The fraction of sp³-hybridized carbons (Fsp3) is 0.222. The number of nitrogens with one attached hydrogen (secondary N) is 1. The number of carbonyl (C=O) groups excluding carboxylic acids is 2. The van der Waals surface area contributed by atoms with E-state index in [9.17, 15) is 14.0 Å². The summed E-state index contributed by atoms with van der Waals surface area (Å²) in [6.07, 6.45) is 0. The third kappa shape index (κ3) is 4.55. The average Bonchev–Trinajstić information content (AvgIpc) is 2.54. The summed E-state index contributed by atoms with van der Waals surface area (Å²) >= 11 is 0. The van der Waals surface area contributed by atoms with Crippen molar-refractivity contribution >= 4 is 28.9 Å². The Morgan fingerprint density at radius 3 is 2.00 bits per heavy atom. The van der Waals surface area contributed by atoms with Gasteiger partial charge >= 0.3 is 0 Å². The summed E-state index contributed by atoms with van der Waals surface area (Å²) in [5.74, 6) is -0.963. The van der Waals surface area contributed by atoms with Gasteiger partial charge < -0.3 is 15.1 Å². The zero-order valence-electron chi connectivity index (χ0n) is 13.9. The zero-order chi connectivity index (χ0) is 17.7. The molecule has 2 aromatic rings. The molecular formula is C18H20FN3O2. The van der Waals surface area contributed by atoms with E-state index in [1.165, 1.54) is 36.1 Å². The second-order valence-corrected chi connectivity index (χ2v) is 5.57. The predicted octanol–water partition coefficient (Wildman–Crippen LogP) is 2.88. The lowest BCUT2D eigenvalue weighted by atomic mass is 10.2. The van der Waals surface area contributed by atoms with Crippen molar-refractivity contribution in [2.75, 3.05) is 35.8 Å². The van der Waals surface area contributed by atoms with Crippen molar-refractivity contribution in [3.8, 4) is 0 Å². The van der Waals surface area contributed by atoms with Crippen molar-refractivity contribution < 1.29 is 14.0 Å². The lowest BCUT2D eigenvalue weighted by Crippen LogP contribution is -2.36. The Balaban J connectivity index is 2.08. The van der Waals surface area contributed by atoms with E-state index < -0.39 is 0 Å². The molecule has 0 heterocycles. The highest BCUT2D eigenvalue weighted by atomic mass is 19.1. The second-order valence-electron chi connectivity index (χ2n) is 5.57. The molecule has 0 aliphatic rings. The molecule has 0 unspecified atom stereocenters. The van der Waals surface area contributed by atoms with E-state index in [2.05, 4.69) is 5.32 Å². The van der Waals surface area contributed by atoms with Gasteiger partial charge in [0.05, 0.1) is 0 Å². The maximum atomic E-state index is 12.9. The van der Waals surface area contributed by atoms with Crippen LogP contribution >= 0.6 is 0 Å². The molecule has 0 aliphatic carbocycles. The summed E-state index contributed by atoms with van der Waals surface area (Å²) in [6.45, 7) is 1.29. The number of hydrogen-bond acceptors (Lipinski definition) is 3. The monoisotopic (exact) mass is 329 g/mol. The SMILES string of the molecule is CC(=O)N(CC(=O)Nc1ccc(F)cc1)c1ccc(N(C)C)cc1. The van der Waals surface area contributed by atoms with Gasteiger partial charge in [-0.25, -0.2) is 4.39 Å². The van der Waals surface area contributed by atoms with Crippen molar-refractivity contribution in [3.63, 3.8) is 0 Å². The Kier molecular flexibility index (Phi) is 5.52. The van der Waals surface area contributed by atoms with Gasteiger partial charge in [0.1, 0.15) is 12.4 Å². The van der Waals surface area contributed by atoms with Crippen LogP contribution in [0.5, 0.6) is 0 Å². The van der Waals surface area contributed by atoms with Crippen LogP contribution in [-0.4, -0.2) is 32.5 Å². The van der Waals surface area contributed by atoms with Gasteiger partial charge in [-0.15, -0.1) is 0 Å². The van der Waals surface area contributed by atoms with Crippen LogP contribution in [0.4, 0.5) is 21.5 Å². The molecule has 0 aliphatic heterocycles. The molecule has 2 amide bonds. The van der Waals surface area contributed by atoms with E-state index in [4.69, 9.17) is 0 Å².